The molecule has 2 aromatic rings. The van der Waals surface area contributed by atoms with Gasteiger partial charge in [0.1, 0.15) is 20.2 Å². The van der Waals surface area contributed by atoms with Gasteiger partial charge in [-0.1, -0.05) is 0 Å². The SMILES string of the molecule is Nc1c(S(=O)(=O)[O-])cc(Br)c2c1C(=O)c1ccc(S(=O)(=O)[O-])cc1C2=O. The number of fused-ring (bicyclic) bond motifs is 2. The van der Waals surface area contributed by atoms with E-state index in [1.165, 1.54) is 0 Å². The van der Waals surface area contributed by atoms with Crippen LogP contribution in [0.25, 0.3) is 0 Å². The molecule has 1 aliphatic carbocycles. The van der Waals surface area contributed by atoms with Crippen LogP contribution >= 0.6 is 15.9 Å². The third-order valence-electron chi connectivity index (χ3n) is 3.77. The maximum atomic E-state index is 12.7. The Bertz CT molecular complexity index is 1230. The molecule has 0 spiro atoms. The van der Waals surface area contributed by atoms with Gasteiger partial charge in [0.2, 0.25) is 0 Å². The largest absolute Gasteiger partial charge is 0.744 e. The topological polar surface area (TPSA) is 175 Å². The molecule has 2 aromatic carbocycles. The monoisotopic (exact) mass is 459 g/mol. The van der Waals surface area contributed by atoms with Crippen LogP contribution in [0.5, 0.6) is 0 Å². The molecular weight excluding hydrogens is 454 g/mol. The molecule has 12 heteroatoms. The Labute approximate surface area is 155 Å². The minimum Gasteiger partial charge on any atom is -0.744 e. The fourth-order valence-electron chi connectivity index (χ4n) is 2.64. The quantitative estimate of drug-likeness (QED) is 0.424. The third-order valence-corrected chi connectivity index (χ3v) is 6.11. The van der Waals surface area contributed by atoms with Crippen LogP contribution in [0, 0.1) is 0 Å². The molecule has 0 aliphatic heterocycles. The van der Waals surface area contributed by atoms with Crippen molar-refractivity contribution >= 4 is 53.4 Å². The smallest absolute Gasteiger partial charge is 0.196 e. The van der Waals surface area contributed by atoms with E-state index in [-0.39, 0.29) is 21.2 Å². The summed E-state index contributed by atoms with van der Waals surface area (Å²) in [6, 6.07) is 3.36. The van der Waals surface area contributed by atoms with Crippen LogP contribution in [-0.2, 0) is 20.2 Å². The van der Waals surface area contributed by atoms with E-state index in [0.29, 0.717) is 0 Å². The van der Waals surface area contributed by atoms with Gasteiger partial charge in [-0.05, 0) is 40.2 Å². The van der Waals surface area contributed by atoms with Crippen LogP contribution in [0.4, 0.5) is 5.69 Å². The molecule has 1 aliphatic rings. The number of benzene rings is 2. The first-order chi connectivity index (χ1) is 11.8. The molecule has 0 saturated heterocycles. The first kappa shape index (κ1) is 18.7. The zero-order valence-electron chi connectivity index (χ0n) is 12.3. The lowest BCUT2D eigenvalue weighted by Crippen LogP contribution is -2.24. The van der Waals surface area contributed by atoms with Gasteiger partial charge in [0, 0.05) is 15.6 Å². The lowest BCUT2D eigenvalue weighted by molar-refractivity contribution is 0.0978. The van der Waals surface area contributed by atoms with Gasteiger partial charge in [-0.25, -0.2) is 16.8 Å². The number of halogens is 1. The molecule has 2 N–H and O–H groups in total. The number of hydrogen-bond donors (Lipinski definition) is 1. The van der Waals surface area contributed by atoms with Crippen molar-refractivity contribution in [3.63, 3.8) is 0 Å². The van der Waals surface area contributed by atoms with E-state index < -0.39 is 52.8 Å². The number of hydrogen-bond acceptors (Lipinski definition) is 9. The Morgan fingerprint density at radius 2 is 1.42 bits per heavy atom. The van der Waals surface area contributed by atoms with E-state index >= 15 is 0 Å². The number of nitrogens with two attached hydrogens (primary N) is 1. The molecule has 136 valence electrons. The van der Waals surface area contributed by atoms with E-state index in [0.717, 1.165) is 24.3 Å². The van der Waals surface area contributed by atoms with Gasteiger partial charge in [-0.15, -0.1) is 0 Å². The van der Waals surface area contributed by atoms with Crippen LogP contribution in [0.2, 0.25) is 0 Å². The number of anilines is 1. The van der Waals surface area contributed by atoms with Crippen molar-refractivity contribution in [3.8, 4) is 0 Å². The molecule has 9 nitrogen and oxygen atoms in total. The van der Waals surface area contributed by atoms with Crippen LogP contribution in [0.15, 0.2) is 38.5 Å². The average Bonchev–Trinajstić information content (AvgIpc) is 2.51. The summed E-state index contributed by atoms with van der Waals surface area (Å²) in [5, 5.41) is 0. The van der Waals surface area contributed by atoms with Crippen molar-refractivity contribution in [1.82, 2.24) is 0 Å². The highest BCUT2D eigenvalue weighted by Gasteiger charge is 2.35. The van der Waals surface area contributed by atoms with E-state index in [1.807, 2.05) is 0 Å². The van der Waals surface area contributed by atoms with Crippen LogP contribution in [0.3, 0.4) is 0 Å². The van der Waals surface area contributed by atoms with Gasteiger partial charge in [0.25, 0.3) is 0 Å². The maximum Gasteiger partial charge on any atom is 0.196 e. The van der Waals surface area contributed by atoms with Gasteiger partial charge in [-0.3, -0.25) is 9.59 Å². The second-order valence-corrected chi connectivity index (χ2v) is 8.88. The molecule has 0 atom stereocenters. The molecule has 26 heavy (non-hydrogen) atoms. The Morgan fingerprint density at radius 1 is 0.846 bits per heavy atom. The second kappa shape index (κ2) is 5.69. The predicted molar refractivity (Wildman–Crippen MR) is 87.8 cm³/mol. The van der Waals surface area contributed by atoms with Crippen molar-refractivity contribution in [2.24, 2.45) is 0 Å². The van der Waals surface area contributed by atoms with Crippen molar-refractivity contribution in [1.29, 1.82) is 0 Å². The summed E-state index contributed by atoms with van der Waals surface area (Å²) in [7, 11) is -9.89. The molecule has 0 bridgehead atoms. The van der Waals surface area contributed by atoms with Gasteiger partial charge in [-0.2, -0.15) is 0 Å². The van der Waals surface area contributed by atoms with E-state index in [1.54, 1.807) is 0 Å². The van der Waals surface area contributed by atoms with Gasteiger partial charge < -0.3 is 14.8 Å². The summed E-state index contributed by atoms with van der Waals surface area (Å²) in [5.74, 6) is -1.73. The molecule has 0 fully saturated rings. The maximum absolute atomic E-state index is 12.7. The summed E-state index contributed by atoms with van der Waals surface area (Å²) < 4.78 is 67.2. The zero-order valence-corrected chi connectivity index (χ0v) is 15.6. The Hall–Kier alpha value is -2.12. The molecular formula is C14H6BrNO8S2-2. The highest BCUT2D eigenvalue weighted by Crippen LogP contribution is 2.39. The number of nitrogen functional groups attached to an aromatic ring is 1. The van der Waals surface area contributed by atoms with E-state index in [2.05, 4.69) is 15.9 Å². The van der Waals surface area contributed by atoms with E-state index in [9.17, 15) is 35.5 Å². The lowest BCUT2D eigenvalue weighted by atomic mass is 9.83. The Kier molecular flexibility index (Phi) is 4.08. The van der Waals surface area contributed by atoms with Gasteiger partial charge in [0.15, 0.2) is 11.6 Å². The zero-order chi connectivity index (χ0) is 19.6. The summed E-state index contributed by atoms with van der Waals surface area (Å²) in [5.41, 5.74) is 3.54. The molecule has 0 radical (unpaired) electrons. The second-order valence-electron chi connectivity index (χ2n) is 5.29. The van der Waals surface area contributed by atoms with Crippen molar-refractivity contribution in [2.45, 2.75) is 9.79 Å². The predicted octanol–water partition coefficient (Wildman–Crippen LogP) is 0.615. The van der Waals surface area contributed by atoms with Crippen LogP contribution in [-0.4, -0.2) is 37.5 Å². The fraction of sp³-hybridized carbons (Fsp3) is 0. The van der Waals surface area contributed by atoms with E-state index in [4.69, 9.17) is 5.73 Å². The lowest BCUT2D eigenvalue weighted by Gasteiger charge is -2.23. The third kappa shape index (κ3) is 2.75. The Balaban J connectivity index is 2.38. The molecule has 0 saturated carbocycles. The van der Waals surface area contributed by atoms with Gasteiger partial charge >= 0.3 is 0 Å². The highest BCUT2D eigenvalue weighted by molar-refractivity contribution is 9.10. The van der Waals surface area contributed by atoms with Crippen molar-refractivity contribution in [3.05, 3.63) is 51.0 Å². The summed E-state index contributed by atoms with van der Waals surface area (Å²) in [6.07, 6.45) is 0. The molecule has 0 amide bonds. The van der Waals surface area contributed by atoms with Crippen LogP contribution in [0.1, 0.15) is 31.8 Å². The van der Waals surface area contributed by atoms with Crippen molar-refractivity contribution < 1.29 is 35.5 Å². The average molecular weight is 460 g/mol. The number of ketones is 2. The Morgan fingerprint density at radius 3 is 1.96 bits per heavy atom. The summed E-state index contributed by atoms with van der Waals surface area (Å²) >= 11 is 2.93. The number of carbonyl (C=O) groups excluding carboxylic acids is 2. The van der Waals surface area contributed by atoms with Crippen molar-refractivity contribution in [2.75, 3.05) is 5.73 Å². The normalized spacial score (nSPS) is 14.1. The van der Waals surface area contributed by atoms with Gasteiger partial charge in [0.05, 0.1) is 26.6 Å². The first-order valence-corrected chi connectivity index (χ1v) is 10.2. The van der Waals surface area contributed by atoms with Crippen LogP contribution < -0.4 is 5.73 Å². The molecule has 0 aromatic heterocycles. The summed E-state index contributed by atoms with van der Waals surface area (Å²) in [4.78, 5) is 23.8. The standard InChI is InChI=1S/C14H8BrNO8S2/c15-8-4-9(26(22,23)24)12(16)11-10(8)14(18)7-3-5(25(19,20)21)1-2-6(7)13(11)17/h1-4H,16H2,(H,19,20,21)(H,22,23,24)/p-2. The molecule has 0 heterocycles. The fourth-order valence-corrected chi connectivity index (χ4v) is 4.53. The molecule has 3 rings (SSSR count). The highest BCUT2D eigenvalue weighted by atomic mass is 79.9. The number of carbonyl (C=O) groups is 2. The number of rotatable bonds is 2. The minimum atomic E-state index is -5.02. The first-order valence-electron chi connectivity index (χ1n) is 6.61. The molecule has 0 unspecified atom stereocenters. The summed E-state index contributed by atoms with van der Waals surface area (Å²) in [6.45, 7) is 0. The minimum absolute atomic E-state index is 0.185.